The molecule has 0 spiro atoms. The quantitative estimate of drug-likeness (QED) is 0.877. The van der Waals surface area contributed by atoms with Gasteiger partial charge in [-0.25, -0.2) is 4.79 Å². The van der Waals surface area contributed by atoms with Gasteiger partial charge in [-0.2, -0.15) is 0 Å². The van der Waals surface area contributed by atoms with E-state index in [9.17, 15) is 9.59 Å². The number of nitrogens with zero attached hydrogens (tertiary/aromatic N) is 1. The van der Waals surface area contributed by atoms with Crippen LogP contribution in [0.15, 0.2) is 6.07 Å². The Hall–Kier alpha value is -1.40. The number of carboxylic acids is 1. The van der Waals surface area contributed by atoms with Gasteiger partial charge in [-0.3, -0.25) is 9.69 Å². The van der Waals surface area contributed by atoms with E-state index in [0.717, 1.165) is 36.5 Å². The van der Waals surface area contributed by atoms with E-state index in [0.29, 0.717) is 4.88 Å². The van der Waals surface area contributed by atoms with Gasteiger partial charge in [-0.15, -0.1) is 11.3 Å². The standard InChI is InChI=1S/C13H18N2O3S/c1-8-10(5-12(19-8)13(17)18)6-15-4-3-11(7-15)14-9(2)16/h5,11H,3-4,6-7H2,1-2H3,(H,14,16)(H,17,18). The lowest BCUT2D eigenvalue weighted by atomic mass is 10.2. The Bertz CT molecular complexity index is 498. The SMILES string of the molecule is CC(=O)NC1CCN(Cc2cc(C(=O)O)sc2C)C1. The number of carboxylic acid groups (broad SMARTS) is 1. The van der Waals surface area contributed by atoms with E-state index in [4.69, 9.17) is 5.11 Å². The summed E-state index contributed by atoms with van der Waals surface area (Å²) in [6.07, 6.45) is 0.953. The van der Waals surface area contributed by atoms with Crippen LogP contribution in [0.25, 0.3) is 0 Å². The molecule has 1 fully saturated rings. The number of thiophene rings is 1. The number of carbonyl (C=O) groups excluding carboxylic acids is 1. The number of amides is 1. The summed E-state index contributed by atoms with van der Waals surface area (Å²) in [5.41, 5.74) is 1.07. The first-order valence-corrected chi connectivity index (χ1v) is 7.09. The number of aryl methyl sites for hydroxylation is 1. The molecule has 0 aliphatic carbocycles. The molecule has 2 rings (SSSR count). The average Bonchev–Trinajstić information content (AvgIpc) is 2.87. The summed E-state index contributed by atoms with van der Waals surface area (Å²) in [6, 6.07) is 1.98. The Balaban J connectivity index is 1.95. The molecule has 104 valence electrons. The molecule has 5 nitrogen and oxygen atoms in total. The van der Waals surface area contributed by atoms with Gasteiger partial charge < -0.3 is 10.4 Å². The van der Waals surface area contributed by atoms with Crippen molar-refractivity contribution in [3.63, 3.8) is 0 Å². The highest BCUT2D eigenvalue weighted by Gasteiger charge is 2.24. The molecule has 1 aromatic heterocycles. The number of carbonyl (C=O) groups is 2. The summed E-state index contributed by atoms with van der Waals surface area (Å²) in [5, 5.41) is 11.9. The molecule has 0 saturated carbocycles. The largest absolute Gasteiger partial charge is 0.477 e. The molecule has 1 aromatic rings. The van der Waals surface area contributed by atoms with Crippen LogP contribution in [-0.2, 0) is 11.3 Å². The molecule has 1 saturated heterocycles. The molecule has 0 bridgehead atoms. The van der Waals surface area contributed by atoms with Crippen molar-refractivity contribution in [2.24, 2.45) is 0 Å². The van der Waals surface area contributed by atoms with Crippen molar-refractivity contribution in [3.8, 4) is 0 Å². The maximum absolute atomic E-state index is 11.0. The fraction of sp³-hybridized carbons (Fsp3) is 0.538. The summed E-state index contributed by atoms with van der Waals surface area (Å²) in [7, 11) is 0. The van der Waals surface area contributed by atoms with Crippen LogP contribution in [0.4, 0.5) is 0 Å². The number of likely N-dealkylation sites (tertiary alicyclic amines) is 1. The van der Waals surface area contributed by atoms with E-state index in [2.05, 4.69) is 10.2 Å². The molecule has 1 atom stereocenters. The van der Waals surface area contributed by atoms with Gasteiger partial charge in [-0.1, -0.05) is 0 Å². The Labute approximate surface area is 116 Å². The lowest BCUT2D eigenvalue weighted by molar-refractivity contribution is -0.119. The third-order valence-electron chi connectivity index (χ3n) is 3.31. The van der Waals surface area contributed by atoms with Gasteiger partial charge in [0.2, 0.25) is 5.91 Å². The normalized spacial score (nSPS) is 19.6. The number of rotatable bonds is 4. The summed E-state index contributed by atoms with van der Waals surface area (Å²) < 4.78 is 0. The third kappa shape index (κ3) is 3.54. The van der Waals surface area contributed by atoms with Crippen LogP contribution < -0.4 is 5.32 Å². The number of aromatic carboxylic acids is 1. The lowest BCUT2D eigenvalue weighted by Gasteiger charge is -2.16. The van der Waals surface area contributed by atoms with Crippen LogP contribution in [0.2, 0.25) is 0 Å². The van der Waals surface area contributed by atoms with E-state index < -0.39 is 5.97 Å². The van der Waals surface area contributed by atoms with Crippen molar-refractivity contribution >= 4 is 23.2 Å². The number of hydrogen-bond acceptors (Lipinski definition) is 4. The number of hydrogen-bond donors (Lipinski definition) is 2. The molecule has 2 heterocycles. The minimum Gasteiger partial charge on any atom is -0.477 e. The van der Waals surface area contributed by atoms with Gasteiger partial charge in [0.1, 0.15) is 4.88 Å². The van der Waals surface area contributed by atoms with Crippen molar-refractivity contribution in [2.45, 2.75) is 32.9 Å². The van der Waals surface area contributed by atoms with Crippen molar-refractivity contribution in [2.75, 3.05) is 13.1 Å². The molecule has 6 heteroatoms. The smallest absolute Gasteiger partial charge is 0.345 e. The Morgan fingerprint density at radius 1 is 1.58 bits per heavy atom. The fourth-order valence-corrected chi connectivity index (χ4v) is 3.28. The molecule has 1 aliphatic rings. The summed E-state index contributed by atoms with van der Waals surface area (Å²) in [6.45, 7) is 6.00. The second-order valence-electron chi connectivity index (χ2n) is 4.92. The first kappa shape index (κ1) is 14.0. The molecular formula is C13H18N2O3S. The molecule has 19 heavy (non-hydrogen) atoms. The van der Waals surface area contributed by atoms with Gasteiger partial charge >= 0.3 is 5.97 Å². The van der Waals surface area contributed by atoms with Crippen LogP contribution >= 0.6 is 11.3 Å². The van der Waals surface area contributed by atoms with E-state index in [1.807, 2.05) is 6.92 Å². The van der Waals surface area contributed by atoms with E-state index >= 15 is 0 Å². The monoisotopic (exact) mass is 282 g/mol. The predicted molar refractivity (Wildman–Crippen MR) is 73.5 cm³/mol. The first-order valence-electron chi connectivity index (χ1n) is 6.27. The minimum absolute atomic E-state index is 0.00623. The highest BCUT2D eigenvalue weighted by molar-refractivity contribution is 7.14. The lowest BCUT2D eigenvalue weighted by Crippen LogP contribution is -2.35. The topological polar surface area (TPSA) is 69.6 Å². The summed E-state index contributed by atoms with van der Waals surface area (Å²) in [4.78, 5) is 25.6. The first-order chi connectivity index (χ1) is 8.95. The maximum atomic E-state index is 11.0. The molecule has 0 radical (unpaired) electrons. The highest BCUT2D eigenvalue weighted by Crippen LogP contribution is 2.24. The predicted octanol–water partition coefficient (Wildman–Crippen LogP) is 1.47. The van der Waals surface area contributed by atoms with Crippen molar-refractivity contribution < 1.29 is 14.7 Å². The van der Waals surface area contributed by atoms with Crippen LogP contribution in [0.5, 0.6) is 0 Å². The molecule has 2 N–H and O–H groups in total. The van der Waals surface area contributed by atoms with Crippen molar-refractivity contribution in [1.82, 2.24) is 10.2 Å². The zero-order valence-corrected chi connectivity index (χ0v) is 11.9. The van der Waals surface area contributed by atoms with Gasteiger partial charge in [0.05, 0.1) is 0 Å². The average molecular weight is 282 g/mol. The molecule has 1 aliphatic heterocycles. The van der Waals surface area contributed by atoms with Crippen LogP contribution in [0, 0.1) is 6.92 Å². The number of nitrogens with one attached hydrogen (secondary N) is 1. The van der Waals surface area contributed by atoms with Crippen LogP contribution in [0.3, 0.4) is 0 Å². The van der Waals surface area contributed by atoms with Gasteiger partial charge in [0.25, 0.3) is 0 Å². The van der Waals surface area contributed by atoms with E-state index in [1.54, 1.807) is 6.07 Å². The molecule has 0 aromatic carbocycles. The van der Waals surface area contributed by atoms with E-state index in [1.165, 1.54) is 18.3 Å². The Morgan fingerprint density at radius 3 is 2.89 bits per heavy atom. The molecule has 1 unspecified atom stereocenters. The highest BCUT2D eigenvalue weighted by atomic mass is 32.1. The van der Waals surface area contributed by atoms with Crippen molar-refractivity contribution in [3.05, 3.63) is 21.4 Å². The zero-order chi connectivity index (χ0) is 14.0. The van der Waals surface area contributed by atoms with E-state index in [-0.39, 0.29) is 11.9 Å². The fourth-order valence-electron chi connectivity index (χ4n) is 2.40. The zero-order valence-electron chi connectivity index (χ0n) is 11.1. The summed E-state index contributed by atoms with van der Waals surface area (Å²) in [5.74, 6) is -0.858. The van der Waals surface area contributed by atoms with Crippen LogP contribution in [-0.4, -0.2) is 41.0 Å². The summed E-state index contributed by atoms with van der Waals surface area (Å²) >= 11 is 1.32. The minimum atomic E-state index is -0.864. The maximum Gasteiger partial charge on any atom is 0.345 e. The Kier molecular flexibility index (Phi) is 4.21. The second kappa shape index (κ2) is 5.71. The molecular weight excluding hydrogens is 264 g/mol. The van der Waals surface area contributed by atoms with Gasteiger partial charge in [0.15, 0.2) is 0 Å². The van der Waals surface area contributed by atoms with Crippen molar-refractivity contribution in [1.29, 1.82) is 0 Å². The molecule has 1 amide bonds. The van der Waals surface area contributed by atoms with Crippen LogP contribution in [0.1, 0.15) is 33.5 Å². The Morgan fingerprint density at radius 2 is 2.32 bits per heavy atom. The van der Waals surface area contributed by atoms with Gasteiger partial charge in [-0.05, 0) is 25.0 Å². The second-order valence-corrected chi connectivity index (χ2v) is 6.17. The van der Waals surface area contributed by atoms with Gasteiger partial charge in [0, 0.05) is 37.5 Å². The third-order valence-corrected chi connectivity index (χ3v) is 4.39.